The molecule has 1 aromatic heterocycles. The number of primary amides is 1. The van der Waals surface area contributed by atoms with Crippen LogP contribution in [0.2, 0.25) is 5.28 Å². The van der Waals surface area contributed by atoms with E-state index in [1.54, 1.807) is 0 Å². The average molecular weight is 258 g/mol. The van der Waals surface area contributed by atoms with E-state index in [-0.39, 0.29) is 23.3 Å². The van der Waals surface area contributed by atoms with Gasteiger partial charge in [-0.2, -0.15) is 4.98 Å². The van der Waals surface area contributed by atoms with E-state index in [2.05, 4.69) is 15.3 Å². The summed E-state index contributed by atoms with van der Waals surface area (Å²) in [7, 11) is 1.42. The lowest BCUT2D eigenvalue weighted by Crippen LogP contribution is -2.17. The van der Waals surface area contributed by atoms with Crippen LogP contribution in [-0.4, -0.2) is 35.7 Å². The minimum atomic E-state index is -0.428. The summed E-state index contributed by atoms with van der Waals surface area (Å²) in [6, 6.07) is 0. The molecular weight excluding hydrogens is 246 g/mol. The van der Waals surface area contributed by atoms with Crippen LogP contribution in [0.1, 0.15) is 12.1 Å². The number of halogens is 1. The Morgan fingerprint density at radius 2 is 2.35 bits per heavy atom. The minimum Gasteiger partial charge on any atom is -0.479 e. The lowest BCUT2D eigenvalue weighted by molar-refractivity contribution is -0.117. The number of nitrogens with two attached hydrogens (primary N) is 1. The Morgan fingerprint density at radius 1 is 1.65 bits per heavy atom. The van der Waals surface area contributed by atoms with Crippen molar-refractivity contribution >= 4 is 29.4 Å². The molecule has 1 amide bonds. The Morgan fingerprint density at radius 3 is 2.88 bits per heavy atom. The number of aromatic nitrogens is 2. The summed E-state index contributed by atoms with van der Waals surface area (Å²) in [6.45, 7) is 0.303. The number of anilines is 1. The highest BCUT2D eigenvalue weighted by atomic mass is 35.5. The van der Waals surface area contributed by atoms with E-state index in [4.69, 9.17) is 27.5 Å². The van der Waals surface area contributed by atoms with E-state index < -0.39 is 5.91 Å². The van der Waals surface area contributed by atoms with Crippen molar-refractivity contribution in [1.29, 1.82) is 5.41 Å². The van der Waals surface area contributed by atoms with Crippen LogP contribution in [0, 0.1) is 5.41 Å². The highest BCUT2D eigenvalue weighted by Gasteiger charge is 2.12. The maximum Gasteiger partial charge on any atom is 0.242 e. The molecule has 1 rings (SSSR count). The van der Waals surface area contributed by atoms with Crippen molar-refractivity contribution in [2.45, 2.75) is 6.42 Å². The van der Waals surface area contributed by atoms with Gasteiger partial charge in [-0.15, -0.1) is 0 Å². The van der Waals surface area contributed by atoms with Crippen molar-refractivity contribution in [3.05, 3.63) is 11.0 Å². The van der Waals surface area contributed by atoms with E-state index in [9.17, 15) is 4.79 Å². The number of carbonyl (C=O) groups excluding carboxylic acids is 1. The van der Waals surface area contributed by atoms with Gasteiger partial charge in [0, 0.05) is 19.2 Å². The van der Waals surface area contributed by atoms with Crippen LogP contribution in [0.25, 0.3) is 0 Å². The summed E-state index contributed by atoms with van der Waals surface area (Å²) in [5.74, 6) is -0.212. The zero-order chi connectivity index (χ0) is 12.8. The molecule has 0 radical (unpaired) electrons. The summed E-state index contributed by atoms with van der Waals surface area (Å²) in [5, 5.41) is 10.1. The fourth-order valence-electron chi connectivity index (χ4n) is 1.16. The molecule has 0 spiro atoms. The van der Waals surface area contributed by atoms with Crippen LogP contribution in [0.4, 0.5) is 5.69 Å². The fraction of sp³-hybridized carbons (Fsp3) is 0.333. The molecular formula is C9H12ClN5O2. The second-order valence-electron chi connectivity index (χ2n) is 3.05. The third-order valence-corrected chi connectivity index (χ3v) is 2.05. The molecule has 8 heteroatoms. The van der Waals surface area contributed by atoms with E-state index in [1.165, 1.54) is 7.11 Å². The fourth-order valence-corrected chi connectivity index (χ4v) is 1.33. The first-order valence-electron chi connectivity index (χ1n) is 4.72. The predicted molar refractivity (Wildman–Crippen MR) is 63.8 cm³/mol. The lowest BCUT2D eigenvalue weighted by Gasteiger charge is -2.11. The van der Waals surface area contributed by atoms with Gasteiger partial charge in [0.15, 0.2) is 0 Å². The first-order chi connectivity index (χ1) is 8.08. The Balaban J connectivity index is 2.94. The van der Waals surface area contributed by atoms with Crippen molar-refractivity contribution in [2.75, 3.05) is 19.0 Å². The Bertz CT molecular complexity index is 438. The maximum atomic E-state index is 10.6. The molecule has 1 aromatic rings. The van der Waals surface area contributed by atoms with Crippen LogP contribution in [0.5, 0.6) is 5.88 Å². The molecule has 1 heterocycles. The molecule has 4 N–H and O–H groups in total. The standard InChI is InChI=1S/C9H12ClN5O2/c1-17-8-7(13-3-2-6(12)16)5(4-11)14-9(10)15-8/h4,11,13H,2-3H2,1H3,(H2,12,16). The van der Waals surface area contributed by atoms with Crippen molar-refractivity contribution in [3.8, 4) is 5.88 Å². The molecule has 0 saturated heterocycles. The quantitative estimate of drug-likeness (QED) is 0.505. The number of hydrogen-bond donors (Lipinski definition) is 3. The Kier molecular flexibility index (Phi) is 4.65. The molecule has 92 valence electrons. The van der Waals surface area contributed by atoms with Gasteiger partial charge in [-0.05, 0) is 11.6 Å². The highest BCUT2D eigenvalue weighted by Crippen LogP contribution is 2.25. The van der Waals surface area contributed by atoms with Gasteiger partial charge in [-0.25, -0.2) is 4.98 Å². The number of rotatable bonds is 6. The first-order valence-corrected chi connectivity index (χ1v) is 5.10. The molecule has 0 atom stereocenters. The average Bonchev–Trinajstić information content (AvgIpc) is 2.29. The molecule has 0 fully saturated rings. The monoisotopic (exact) mass is 257 g/mol. The van der Waals surface area contributed by atoms with Crippen molar-refractivity contribution in [3.63, 3.8) is 0 Å². The summed E-state index contributed by atoms with van der Waals surface area (Å²) >= 11 is 5.66. The zero-order valence-electron chi connectivity index (χ0n) is 9.16. The summed E-state index contributed by atoms with van der Waals surface area (Å²) in [5.41, 5.74) is 5.71. The van der Waals surface area contributed by atoms with E-state index in [0.717, 1.165) is 6.21 Å². The third-order valence-electron chi connectivity index (χ3n) is 1.88. The van der Waals surface area contributed by atoms with E-state index in [0.29, 0.717) is 12.2 Å². The van der Waals surface area contributed by atoms with Crippen molar-refractivity contribution in [2.24, 2.45) is 5.73 Å². The van der Waals surface area contributed by atoms with Crippen LogP contribution in [0.3, 0.4) is 0 Å². The molecule has 0 aliphatic rings. The summed E-state index contributed by atoms with van der Waals surface area (Å²) in [6.07, 6.45) is 1.17. The van der Waals surface area contributed by atoms with Crippen LogP contribution < -0.4 is 15.8 Å². The van der Waals surface area contributed by atoms with E-state index >= 15 is 0 Å². The summed E-state index contributed by atoms with van der Waals surface area (Å²) in [4.78, 5) is 18.3. The van der Waals surface area contributed by atoms with Gasteiger partial charge in [0.25, 0.3) is 0 Å². The Hall–Kier alpha value is -1.89. The number of methoxy groups -OCH3 is 1. The molecule has 0 saturated carbocycles. The van der Waals surface area contributed by atoms with Gasteiger partial charge in [-0.3, -0.25) is 4.79 Å². The Labute approximate surface area is 103 Å². The number of amides is 1. The second-order valence-corrected chi connectivity index (χ2v) is 3.39. The normalized spacial score (nSPS) is 9.76. The number of carbonyl (C=O) groups is 1. The van der Waals surface area contributed by atoms with Crippen molar-refractivity contribution < 1.29 is 9.53 Å². The second kappa shape index (κ2) is 6.00. The topological polar surface area (TPSA) is 114 Å². The van der Waals surface area contributed by atoms with Gasteiger partial charge >= 0.3 is 0 Å². The number of nitrogens with one attached hydrogen (secondary N) is 2. The van der Waals surface area contributed by atoms with Gasteiger partial charge in [0.05, 0.1) is 7.11 Å². The highest BCUT2D eigenvalue weighted by molar-refractivity contribution is 6.28. The van der Waals surface area contributed by atoms with Gasteiger partial charge < -0.3 is 21.2 Å². The zero-order valence-corrected chi connectivity index (χ0v) is 9.91. The van der Waals surface area contributed by atoms with Crippen molar-refractivity contribution in [1.82, 2.24) is 9.97 Å². The SMILES string of the molecule is COc1nc(Cl)nc(C=N)c1NCCC(N)=O. The molecule has 7 nitrogen and oxygen atoms in total. The van der Waals surface area contributed by atoms with Crippen LogP contribution >= 0.6 is 11.6 Å². The first kappa shape index (κ1) is 13.2. The number of ether oxygens (including phenoxy) is 1. The minimum absolute atomic E-state index is 0.0131. The van der Waals surface area contributed by atoms with Gasteiger partial charge in [0.2, 0.25) is 17.1 Å². The van der Waals surface area contributed by atoms with Crippen LogP contribution in [0.15, 0.2) is 0 Å². The third kappa shape index (κ3) is 3.56. The lowest BCUT2D eigenvalue weighted by atomic mass is 10.3. The van der Waals surface area contributed by atoms with Gasteiger partial charge in [-0.1, -0.05) is 0 Å². The van der Waals surface area contributed by atoms with E-state index in [1.807, 2.05) is 0 Å². The molecule has 0 unspecified atom stereocenters. The maximum absolute atomic E-state index is 10.6. The van der Waals surface area contributed by atoms with Gasteiger partial charge in [0.1, 0.15) is 11.4 Å². The number of nitrogens with zero attached hydrogens (tertiary/aromatic N) is 2. The molecule has 0 aliphatic carbocycles. The molecule has 0 aliphatic heterocycles. The summed E-state index contributed by atoms with van der Waals surface area (Å²) < 4.78 is 5.01. The molecule has 0 bridgehead atoms. The molecule has 0 aromatic carbocycles. The predicted octanol–water partition coefficient (Wildman–Crippen LogP) is 0.424. The number of hydrogen-bond acceptors (Lipinski definition) is 6. The smallest absolute Gasteiger partial charge is 0.242 e. The largest absolute Gasteiger partial charge is 0.479 e. The molecule has 17 heavy (non-hydrogen) atoms. The van der Waals surface area contributed by atoms with Crippen LogP contribution in [-0.2, 0) is 4.79 Å².